The van der Waals surface area contributed by atoms with Crippen molar-refractivity contribution in [2.45, 2.75) is 20.8 Å². The molecule has 0 aromatic heterocycles. The molecule has 0 spiro atoms. The Hall–Kier alpha value is -2.01. The van der Waals surface area contributed by atoms with Crippen molar-refractivity contribution >= 4 is 15.8 Å². The minimum Gasteiger partial charge on any atom is -0.398 e. The minimum absolute atomic E-state index is 0.350. The fourth-order valence-electron chi connectivity index (χ4n) is 1.60. The number of nitrogen functional groups attached to an aromatic ring is 1. The van der Waals surface area contributed by atoms with E-state index in [4.69, 9.17) is 5.73 Å². The van der Waals surface area contributed by atoms with Crippen LogP contribution in [0.25, 0.3) is 0 Å². The van der Waals surface area contributed by atoms with Gasteiger partial charge in [-0.25, -0.2) is 0 Å². The smallest absolute Gasteiger partial charge is 0.306 e. The van der Waals surface area contributed by atoms with E-state index < -0.39 is 10.1 Å². The lowest BCUT2D eigenvalue weighted by Gasteiger charge is -2.01. The number of rotatable bonds is 2. The number of hydrogen-bond donors (Lipinski definition) is 1. The molecular weight excluding hydrogens is 286 g/mol. The van der Waals surface area contributed by atoms with Gasteiger partial charge < -0.3 is 9.92 Å². The van der Waals surface area contributed by atoms with Crippen LogP contribution < -0.4 is 9.92 Å². The van der Waals surface area contributed by atoms with Gasteiger partial charge in [0.25, 0.3) is 0 Å². The van der Waals surface area contributed by atoms with Crippen molar-refractivity contribution in [1.29, 1.82) is 0 Å². The Morgan fingerprint density at radius 2 is 1.38 bits per heavy atom. The summed E-state index contributed by atoms with van der Waals surface area (Å²) < 4.78 is 26.0. The van der Waals surface area contributed by atoms with Crippen molar-refractivity contribution in [3.8, 4) is 5.75 Å². The summed E-state index contributed by atoms with van der Waals surface area (Å²) in [4.78, 5) is 0. The predicted octanol–water partition coefficient (Wildman–Crippen LogP) is 3.22. The van der Waals surface area contributed by atoms with E-state index in [-0.39, 0.29) is 0 Å². The topological polar surface area (TPSA) is 69.4 Å². The molecule has 2 aromatic carbocycles. The summed E-state index contributed by atoms with van der Waals surface area (Å²) in [6.07, 6.45) is 1.02. The van der Waals surface area contributed by atoms with Crippen molar-refractivity contribution in [2.24, 2.45) is 0 Å². The first-order valence-corrected chi connectivity index (χ1v) is 8.28. The summed E-state index contributed by atoms with van der Waals surface area (Å²) >= 11 is 0. The second kappa shape index (κ2) is 7.13. The van der Waals surface area contributed by atoms with Gasteiger partial charge in [-0.15, -0.1) is 0 Å². The molecule has 114 valence electrons. The van der Waals surface area contributed by atoms with E-state index in [1.54, 1.807) is 24.3 Å². The van der Waals surface area contributed by atoms with E-state index in [9.17, 15) is 8.42 Å². The maximum absolute atomic E-state index is 10.7. The molecular formula is C16H21NO3S. The van der Waals surface area contributed by atoms with E-state index in [2.05, 4.69) is 4.18 Å². The standard InChI is InChI=1S/C8H11N.C8H10O3S/c1-6-4-3-5-7(2)8(6)9;1-7-3-5-8(6-4-7)11-12(2,9)10/h3-5H,9H2,1-2H3;3-6H,1-2H3. The van der Waals surface area contributed by atoms with E-state index >= 15 is 0 Å². The van der Waals surface area contributed by atoms with E-state index in [1.807, 2.05) is 39.0 Å². The average Bonchev–Trinajstić information content (AvgIpc) is 2.38. The Kier molecular flexibility index (Phi) is 5.79. The lowest BCUT2D eigenvalue weighted by Crippen LogP contribution is -2.05. The molecule has 0 aliphatic heterocycles. The molecule has 21 heavy (non-hydrogen) atoms. The summed E-state index contributed by atoms with van der Waals surface area (Å²) in [6.45, 7) is 5.95. The van der Waals surface area contributed by atoms with Crippen molar-refractivity contribution in [3.05, 3.63) is 59.2 Å². The molecule has 0 unspecified atom stereocenters. The first-order chi connectivity index (χ1) is 9.69. The molecule has 0 radical (unpaired) electrons. The van der Waals surface area contributed by atoms with Gasteiger partial charge in [0, 0.05) is 5.69 Å². The Labute approximate surface area is 126 Å². The van der Waals surface area contributed by atoms with Crippen LogP contribution >= 0.6 is 0 Å². The molecule has 0 saturated carbocycles. The molecule has 0 amide bonds. The van der Waals surface area contributed by atoms with Crippen LogP contribution in [-0.4, -0.2) is 14.7 Å². The molecule has 2 N–H and O–H groups in total. The lowest BCUT2D eigenvalue weighted by atomic mass is 10.1. The highest BCUT2D eigenvalue weighted by Crippen LogP contribution is 2.14. The quantitative estimate of drug-likeness (QED) is 0.683. The maximum atomic E-state index is 10.7. The van der Waals surface area contributed by atoms with Gasteiger partial charge in [-0.1, -0.05) is 35.9 Å². The molecule has 0 bridgehead atoms. The highest BCUT2D eigenvalue weighted by Gasteiger charge is 2.02. The van der Waals surface area contributed by atoms with Crippen molar-refractivity contribution in [1.82, 2.24) is 0 Å². The second-order valence-corrected chi connectivity index (χ2v) is 6.48. The van der Waals surface area contributed by atoms with Gasteiger partial charge in [-0.2, -0.15) is 8.42 Å². The molecule has 0 atom stereocenters. The van der Waals surface area contributed by atoms with Gasteiger partial charge in [0.1, 0.15) is 5.75 Å². The summed E-state index contributed by atoms with van der Waals surface area (Å²) in [5.74, 6) is 0.350. The molecule has 0 saturated heterocycles. The third-order valence-electron chi connectivity index (χ3n) is 2.81. The van der Waals surface area contributed by atoms with Crippen molar-refractivity contribution < 1.29 is 12.6 Å². The maximum Gasteiger partial charge on any atom is 0.306 e. The highest BCUT2D eigenvalue weighted by molar-refractivity contribution is 7.86. The number of para-hydroxylation sites is 1. The van der Waals surface area contributed by atoms with Crippen LogP contribution in [0.1, 0.15) is 16.7 Å². The third-order valence-corrected chi connectivity index (χ3v) is 3.31. The molecule has 0 fully saturated rings. The number of aryl methyl sites for hydroxylation is 3. The zero-order chi connectivity index (χ0) is 16.0. The highest BCUT2D eigenvalue weighted by atomic mass is 32.2. The van der Waals surface area contributed by atoms with Gasteiger partial charge in [0.15, 0.2) is 0 Å². The van der Waals surface area contributed by atoms with Crippen LogP contribution in [0.5, 0.6) is 5.75 Å². The predicted molar refractivity (Wildman–Crippen MR) is 87.0 cm³/mol. The summed E-state index contributed by atoms with van der Waals surface area (Å²) in [6, 6.07) is 12.9. The minimum atomic E-state index is -3.39. The van der Waals surface area contributed by atoms with Crippen LogP contribution in [0.2, 0.25) is 0 Å². The number of benzene rings is 2. The van der Waals surface area contributed by atoms with Gasteiger partial charge in [0.2, 0.25) is 0 Å². The van der Waals surface area contributed by atoms with E-state index in [1.165, 1.54) is 0 Å². The first-order valence-electron chi connectivity index (χ1n) is 6.47. The largest absolute Gasteiger partial charge is 0.398 e. The number of nitrogens with two attached hydrogens (primary N) is 1. The molecule has 5 heteroatoms. The molecule has 0 heterocycles. The summed E-state index contributed by atoms with van der Waals surface area (Å²) in [5, 5.41) is 0. The first kappa shape index (κ1) is 17.0. The normalized spacial score (nSPS) is 10.5. The van der Waals surface area contributed by atoms with Crippen LogP contribution in [0.15, 0.2) is 42.5 Å². The van der Waals surface area contributed by atoms with Crippen molar-refractivity contribution in [3.63, 3.8) is 0 Å². The zero-order valence-electron chi connectivity index (χ0n) is 12.8. The molecule has 4 nitrogen and oxygen atoms in total. The van der Waals surface area contributed by atoms with Gasteiger partial charge in [-0.3, -0.25) is 0 Å². The van der Waals surface area contributed by atoms with Gasteiger partial charge >= 0.3 is 10.1 Å². The molecule has 2 rings (SSSR count). The Morgan fingerprint density at radius 1 is 0.905 bits per heavy atom. The molecule has 0 aliphatic rings. The fourth-order valence-corrected chi connectivity index (χ4v) is 2.06. The van der Waals surface area contributed by atoms with Gasteiger partial charge in [0.05, 0.1) is 6.26 Å². The summed E-state index contributed by atoms with van der Waals surface area (Å²) in [7, 11) is -3.39. The lowest BCUT2D eigenvalue weighted by molar-refractivity contribution is 0.493. The Balaban J connectivity index is 0.000000219. The zero-order valence-corrected chi connectivity index (χ0v) is 13.6. The molecule has 2 aromatic rings. The van der Waals surface area contributed by atoms with Crippen LogP contribution in [0, 0.1) is 20.8 Å². The van der Waals surface area contributed by atoms with Crippen LogP contribution in [0.3, 0.4) is 0 Å². The van der Waals surface area contributed by atoms with E-state index in [0.29, 0.717) is 5.75 Å². The Bertz CT molecular complexity index is 672. The summed E-state index contributed by atoms with van der Waals surface area (Å²) in [5.41, 5.74) is 9.99. The molecule has 0 aliphatic carbocycles. The van der Waals surface area contributed by atoms with Gasteiger partial charge in [-0.05, 0) is 44.0 Å². The Morgan fingerprint density at radius 3 is 1.76 bits per heavy atom. The monoisotopic (exact) mass is 307 g/mol. The number of anilines is 1. The average molecular weight is 307 g/mol. The SMILES string of the molecule is Cc1ccc(OS(C)(=O)=O)cc1.Cc1cccc(C)c1N. The number of hydrogen-bond acceptors (Lipinski definition) is 4. The third kappa shape index (κ3) is 6.31. The van der Waals surface area contributed by atoms with E-state index in [0.717, 1.165) is 28.6 Å². The fraction of sp³-hybridized carbons (Fsp3) is 0.250. The van der Waals surface area contributed by atoms with Crippen LogP contribution in [0.4, 0.5) is 5.69 Å². The van der Waals surface area contributed by atoms with Crippen molar-refractivity contribution in [2.75, 3.05) is 12.0 Å². The van der Waals surface area contributed by atoms with Crippen LogP contribution in [-0.2, 0) is 10.1 Å². The second-order valence-electron chi connectivity index (χ2n) is 4.91.